The summed E-state index contributed by atoms with van der Waals surface area (Å²) in [6.07, 6.45) is 8.36. The first-order valence-electron chi connectivity index (χ1n) is 8.02. The van der Waals surface area contributed by atoms with Crippen molar-refractivity contribution in [3.8, 4) is 0 Å². The smallest absolute Gasteiger partial charge is 0.000556 e. The number of rotatable bonds is 4. The quantitative estimate of drug-likeness (QED) is 0.771. The standard InChI is InChI=1S/C18H29N/c1-14(2)15-9-11-17(12-10-15)18(13-19)16-7-5-3-4-6-8-16/h9-12,14,16,18H,3-8,13,19H2,1-2H3. The topological polar surface area (TPSA) is 26.0 Å². The highest BCUT2D eigenvalue weighted by Crippen LogP contribution is 2.35. The molecule has 0 aromatic heterocycles. The van der Waals surface area contributed by atoms with E-state index >= 15 is 0 Å². The van der Waals surface area contributed by atoms with Gasteiger partial charge in [0.15, 0.2) is 0 Å². The molecular formula is C18H29N. The largest absolute Gasteiger partial charge is 0.330 e. The molecule has 0 heterocycles. The maximum Gasteiger partial charge on any atom is -0.000556 e. The van der Waals surface area contributed by atoms with Crippen LogP contribution in [-0.2, 0) is 0 Å². The molecule has 0 radical (unpaired) electrons. The minimum atomic E-state index is 0.569. The first-order chi connectivity index (χ1) is 9.22. The van der Waals surface area contributed by atoms with Crippen molar-refractivity contribution < 1.29 is 0 Å². The Morgan fingerprint density at radius 1 is 0.947 bits per heavy atom. The van der Waals surface area contributed by atoms with E-state index in [4.69, 9.17) is 5.73 Å². The van der Waals surface area contributed by atoms with Crippen molar-refractivity contribution in [1.29, 1.82) is 0 Å². The second-order valence-corrected chi connectivity index (χ2v) is 6.42. The van der Waals surface area contributed by atoms with E-state index < -0.39 is 0 Å². The molecule has 1 nitrogen and oxygen atoms in total. The SMILES string of the molecule is CC(C)c1ccc(C(CN)C2CCCCCC2)cc1. The molecule has 1 saturated carbocycles. The average Bonchev–Trinajstić information content (AvgIpc) is 2.69. The molecule has 1 unspecified atom stereocenters. The molecule has 0 aliphatic heterocycles. The monoisotopic (exact) mass is 259 g/mol. The fourth-order valence-electron chi connectivity index (χ4n) is 3.44. The molecule has 1 aromatic rings. The lowest BCUT2D eigenvalue weighted by atomic mass is 9.81. The molecule has 0 spiro atoms. The van der Waals surface area contributed by atoms with Crippen LogP contribution in [0.5, 0.6) is 0 Å². The number of hydrogen-bond donors (Lipinski definition) is 1. The van der Waals surface area contributed by atoms with Crippen LogP contribution in [0.1, 0.15) is 75.3 Å². The van der Waals surface area contributed by atoms with E-state index in [1.165, 1.54) is 49.7 Å². The first kappa shape index (κ1) is 14.6. The molecule has 2 rings (SSSR count). The van der Waals surface area contributed by atoms with Gasteiger partial charge in [0.25, 0.3) is 0 Å². The van der Waals surface area contributed by atoms with Crippen molar-refractivity contribution in [2.45, 2.75) is 64.2 Å². The summed E-state index contributed by atoms with van der Waals surface area (Å²) in [5, 5.41) is 0. The lowest BCUT2D eigenvalue weighted by molar-refractivity contribution is 0.380. The molecule has 1 atom stereocenters. The zero-order valence-corrected chi connectivity index (χ0v) is 12.6. The summed E-state index contributed by atoms with van der Waals surface area (Å²) in [6.45, 7) is 5.30. The maximum atomic E-state index is 6.08. The Morgan fingerprint density at radius 2 is 1.47 bits per heavy atom. The molecule has 1 heteroatoms. The predicted octanol–water partition coefficient (Wildman–Crippen LogP) is 4.82. The molecule has 0 saturated heterocycles. The summed E-state index contributed by atoms with van der Waals surface area (Å²) in [5.74, 6) is 1.99. The van der Waals surface area contributed by atoms with Crippen LogP contribution in [0.2, 0.25) is 0 Å². The van der Waals surface area contributed by atoms with Crippen molar-refractivity contribution >= 4 is 0 Å². The van der Waals surface area contributed by atoms with Gasteiger partial charge in [-0.25, -0.2) is 0 Å². The van der Waals surface area contributed by atoms with E-state index in [2.05, 4.69) is 38.1 Å². The number of hydrogen-bond acceptors (Lipinski definition) is 1. The van der Waals surface area contributed by atoms with Crippen molar-refractivity contribution in [3.05, 3.63) is 35.4 Å². The van der Waals surface area contributed by atoms with E-state index in [9.17, 15) is 0 Å². The van der Waals surface area contributed by atoms with Crippen molar-refractivity contribution in [2.24, 2.45) is 11.7 Å². The Balaban J connectivity index is 2.11. The Bertz CT molecular complexity index is 358. The first-order valence-corrected chi connectivity index (χ1v) is 8.02. The molecular weight excluding hydrogens is 230 g/mol. The average molecular weight is 259 g/mol. The van der Waals surface area contributed by atoms with Gasteiger partial charge in [-0.3, -0.25) is 0 Å². The maximum absolute atomic E-state index is 6.08. The van der Waals surface area contributed by atoms with Crippen molar-refractivity contribution in [3.63, 3.8) is 0 Å². The highest BCUT2D eigenvalue weighted by molar-refractivity contribution is 5.28. The lowest BCUT2D eigenvalue weighted by Gasteiger charge is -2.25. The minimum absolute atomic E-state index is 0.569. The summed E-state index contributed by atoms with van der Waals surface area (Å²) in [4.78, 5) is 0. The van der Waals surface area contributed by atoms with Gasteiger partial charge in [0.05, 0.1) is 0 Å². The fourth-order valence-corrected chi connectivity index (χ4v) is 3.44. The van der Waals surface area contributed by atoms with Crippen LogP contribution in [0, 0.1) is 5.92 Å². The van der Waals surface area contributed by atoms with Gasteiger partial charge in [-0.2, -0.15) is 0 Å². The second-order valence-electron chi connectivity index (χ2n) is 6.42. The van der Waals surface area contributed by atoms with Crippen molar-refractivity contribution in [2.75, 3.05) is 6.54 Å². The summed E-state index contributed by atoms with van der Waals surface area (Å²) in [7, 11) is 0. The molecule has 1 aromatic carbocycles. The fraction of sp³-hybridized carbons (Fsp3) is 0.667. The molecule has 0 bridgehead atoms. The van der Waals surface area contributed by atoms with Crippen LogP contribution < -0.4 is 5.73 Å². The van der Waals surface area contributed by atoms with Crippen LogP contribution in [0.3, 0.4) is 0 Å². The Labute approximate surface area is 118 Å². The highest BCUT2D eigenvalue weighted by atomic mass is 14.6. The second kappa shape index (κ2) is 7.09. The van der Waals surface area contributed by atoms with Crippen LogP contribution in [0.4, 0.5) is 0 Å². The molecule has 2 N–H and O–H groups in total. The Kier molecular flexibility index (Phi) is 5.45. The molecule has 0 amide bonds. The molecule has 1 aliphatic rings. The zero-order valence-electron chi connectivity index (χ0n) is 12.6. The normalized spacial score (nSPS) is 19.4. The minimum Gasteiger partial charge on any atom is -0.330 e. The highest BCUT2D eigenvalue weighted by Gasteiger charge is 2.23. The third kappa shape index (κ3) is 3.82. The van der Waals surface area contributed by atoms with Gasteiger partial charge in [0, 0.05) is 0 Å². The van der Waals surface area contributed by atoms with Gasteiger partial charge in [0.2, 0.25) is 0 Å². The van der Waals surface area contributed by atoms with E-state index in [0.29, 0.717) is 11.8 Å². The Hall–Kier alpha value is -0.820. The van der Waals surface area contributed by atoms with Gasteiger partial charge >= 0.3 is 0 Å². The van der Waals surface area contributed by atoms with E-state index in [1.54, 1.807) is 0 Å². The number of benzene rings is 1. The van der Waals surface area contributed by atoms with Crippen LogP contribution >= 0.6 is 0 Å². The summed E-state index contributed by atoms with van der Waals surface area (Å²) in [6, 6.07) is 9.22. The van der Waals surface area contributed by atoms with Gasteiger partial charge in [0.1, 0.15) is 0 Å². The third-order valence-corrected chi connectivity index (χ3v) is 4.75. The predicted molar refractivity (Wildman–Crippen MR) is 83.5 cm³/mol. The summed E-state index contributed by atoms with van der Waals surface area (Å²) in [5.41, 5.74) is 8.97. The zero-order chi connectivity index (χ0) is 13.7. The van der Waals surface area contributed by atoms with E-state index in [1.807, 2.05) is 0 Å². The van der Waals surface area contributed by atoms with Crippen LogP contribution in [0.15, 0.2) is 24.3 Å². The van der Waals surface area contributed by atoms with Crippen LogP contribution in [-0.4, -0.2) is 6.54 Å². The molecule has 106 valence electrons. The van der Waals surface area contributed by atoms with Gasteiger partial charge < -0.3 is 5.73 Å². The molecule has 1 fully saturated rings. The lowest BCUT2D eigenvalue weighted by Crippen LogP contribution is -2.21. The van der Waals surface area contributed by atoms with Gasteiger partial charge in [-0.15, -0.1) is 0 Å². The third-order valence-electron chi connectivity index (χ3n) is 4.75. The molecule has 19 heavy (non-hydrogen) atoms. The van der Waals surface area contributed by atoms with Gasteiger partial charge in [-0.05, 0) is 48.3 Å². The van der Waals surface area contributed by atoms with E-state index in [-0.39, 0.29) is 0 Å². The Morgan fingerprint density at radius 3 is 1.95 bits per heavy atom. The summed E-state index contributed by atoms with van der Waals surface area (Å²) >= 11 is 0. The van der Waals surface area contributed by atoms with Crippen LogP contribution in [0.25, 0.3) is 0 Å². The molecule has 1 aliphatic carbocycles. The van der Waals surface area contributed by atoms with Crippen molar-refractivity contribution in [1.82, 2.24) is 0 Å². The van der Waals surface area contributed by atoms with Gasteiger partial charge in [-0.1, -0.05) is 63.8 Å². The summed E-state index contributed by atoms with van der Waals surface area (Å²) < 4.78 is 0. The number of nitrogens with two attached hydrogens (primary N) is 1. The van der Waals surface area contributed by atoms with E-state index in [0.717, 1.165) is 12.5 Å².